The zero-order valence-corrected chi connectivity index (χ0v) is 22.9. The van der Waals surface area contributed by atoms with E-state index in [-0.39, 0.29) is 30.1 Å². The van der Waals surface area contributed by atoms with E-state index in [0.717, 1.165) is 62.6 Å². The summed E-state index contributed by atoms with van der Waals surface area (Å²) in [5.74, 6) is 0.758. The number of hydrogen-bond acceptors (Lipinski definition) is 7. The molecule has 0 unspecified atom stereocenters. The fourth-order valence-corrected chi connectivity index (χ4v) is 6.33. The molecule has 4 N–H and O–H groups in total. The maximum atomic E-state index is 13.2. The second-order valence-corrected chi connectivity index (χ2v) is 13.0. The number of pyridine rings is 1. The van der Waals surface area contributed by atoms with Crippen molar-refractivity contribution in [1.29, 1.82) is 0 Å². The molecule has 2 amide bonds. The van der Waals surface area contributed by atoms with Crippen molar-refractivity contribution in [2.24, 2.45) is 11.1 Å². The van der Waals surface area contributed by atoms with Crippen LogP contribution in [0.3, 0.4) is 0 Å². The van der Waals surface area contributed by atoms with E-state index >= 15 is 0 Å². The number of fused-ring (bicyclic) bond motifs is 1. The van der Waals surface area contributed by atoms with Gasteiger partial charge in [-0.1, -0.05) is 0 Å². The predicted molar refractivity (Wildman–Crippen MR) is 145 cm³/mol. The van der Waals surface area contributed by atoms with Crippen LogP contribution in [0.4, 0.5) is 0 Å². The Labute approximate surface area is 232 Å². The predicted octanol–water partition coefficient (Wildman–Crippen LogP) is 3.11. The summed E-state index contributed by atoms with van der Waals surface area (Å²) in [5, 5.41) is 22.3. The molecule has 0 radical (unpaired) electrons. The molecule has 0 aliphatic heterocycles. The third-order valence-corrected chi connectivity index (χ3v) is 8.65. The van der Waals surface area contributed by atoms with Gasteiger partial charge in [0.05, 0.1) is 34.6 Å². The number of aromatic nitrogens is 4. The Kier molecular flexibility index (Phi) is 5.68. The van der Waals surface area contributed by atoms with Crippen molar-refractivity contribution in [3.05, 3.63) is 41.3 Å². The number of amides is 2. The SMILES string of the molecule is CC(C)(O)COc1ccc2c(C(=O)NC3CC4(C3)CC(Oc3nn(C5CC5)cc3C(N)=O)C4)cnn2c1C1CC1. The minimum atomic E-state index is -0.941. The zero-order valence-electron chi connectivity index (χ0n) is 22.9. The molecule has 0 atom stereocenters. The molecule has 3 heterocycles. The van der Waals surface area contributed by atoms with E-state index in [1.54, 1.807) is 30.9 Å². The molecule has 4 aliphatic carbocycles. The summed E-state index contributed by atoms with van der Waals surface area (Å²) in [4.78, 5) is 25.1. The van der Waals surface area contributed by atoms with E-state index in [1.807, 2.05) is 16.6 Å². The largest absolute Gasteiger partial charge is 0.489 e. The Balaban J connectivity index is 0.964. The lowest BCUT2D eigenvalue weighted by Crippen LogP contribution is -2.58. The van der Waals surface area contributed by atoms with Crippen molar-refractivity contribution in [2.75, 3.05) is 6.61 Å². The van der Waals surface area contributed by atoms with Crippen LogP contribution in [-0.4, -0.2) is 60.7 Å². The minimum Gasteiger partial charge on any atom is -0.489 e. The number of primary amides is 1. The van der Waals surface area contributed by atoms with Crippen molar-refractivity contribution in [3.8, 4) is 11.6 Å². The Hall–Kier alpha value is -3.60. The average Bonchev–Trinajstić information content (AvgIpc) is 3.78. The zero-order chi connectivity index (χ0) is 27.8. The van der Waals surface area contributed by atoms with E-state index in [2.05, 4.69) is 15.5 Å². The summed E-state index contributed by atoms with van der Waals surface area (Å²) in [5.41, 5.74) is 7.39. The Morgan fingerprint density at radius 2 is 1.90 bits per heavy atom. The van der Waals surface area contributed by atoms with E-state index in [4.69, 9.17) is 15.2 Å². The molecule has 0 bridgehead atoms. The quantitative estimate of drug-likeness (QED) is 0.353. The minimum absolute atomic E-state index is 0.00518. The molecule has 40 heavy (non-hydrogen) atoms. The highest BCUT2D eigenvalue weighted by molar-refractivity contribution is 6.01. The molecular formula is C29H36N6O5. The Morgan fingerprint density at radius 1 is 1.15 bits per heavy atom. The van der Waals surface area contributed by atoms with Crippen LogP contribution in [0.1, 0.15) is 104 Å². The summed E-state index contributed by atoms with van der Waals surface area (Å²) in [6.07, 6.45) is 11.1. The molecule has 212 valence electrons. The summed E-state index contributed by atoms with van der Waals surface area (Å²) in [7, 11) is 0. The smallest absolute Gasteiger partial charge is 0.255 e. The van der Waals surface area contributed by atoms with Gasteiger partial charge < -0.3 is 25.6 Å². The Morgan fingerprint density at radius 3 is 2.55 bits per heavy atom. The van der Waals surface area contributed by atoms with Crippen LogP contribution >= 0.6 is 0 Å². The first kappa shape index (κ1) is 25.4. The summed E-state index contributed by atoms with van der Waals surface area (Å²) in [6, 6.07) is 4.21. The normalized spacial score (nSPS) is 25.9. The van der Waals surface area contributed by atoms with Gasteiger partial charge in [-0.2, -0.15) is 5.10 Å². The molecule has 0 saturated heterocycles. The number of ether oxygens (including phenoxy) is 2. The van der Waals surface area contributed by atoms with Crippen LogP contribution in [0.15, 0.2) is 24.5 Å². The van der Waals surface area contributed by atoms with Crippen molar-refractivity contribution in [1.82, 2.24) is 24.7 Å². The lowest BCUT2D eigenvalue weighted by Gasteiger charge is -2.57. The highest BCUT2D eigenvalue weighted by Crippen LogP contribution is 2.57. The first-order chi connectivity index (χ1) is 19.1. The summed E-state index contributed by atoms with van der Waals surface area (Å²) in [6.45, 7) is 3.60. The fourth-order valence-electron chi connectivity index (χ4n) is 6.33. The average molecular weight is 549 g/mol. The number of nitrogens with two attached hydrogens (primary N) is 1. The van der Waals surface area contributed by atoms with Crippen molar-refractivity contribution in [2.45, 2.75) is 94.9 Å². The number of carbonyl (C=O) groups excluding carboxylic acids is 2. The fraction of sp³-hybridized carbons (Fsp3) is 0.586. The molecule has 4 aliphatic rings. The van der Waals surface area contributed by atoms with Crippen LogP contribution in [-0.2, 0) is 0 Å². The van der Waals surface area contributed by atoms with Gasteiger partial charge >= 0.3 is 0 Å². The van der Waals surface area contributed by atoms with Gasteiger partial charge in [-0.05, 0) is 82.8 Å². The third-order valence-electron chi connectivity index (χ3n) is 8.65. The van der Waals surface area contributed by atoms with Crippen molar-refractivity contribution in [3.63, 3.8) is 0 Å². The lowest BCUT2D eigenvalue weighted by atomic mass is 9.53. The number of nitrogens with zero attached hydrogens (tertiary/aromatic N) is 4. The number of rotatable bonds is 10. The number of aliphatic hydroxyl groups is 1. The number of carbonyl (C=O) groups is 2. The van der Waals surface area contributed by atoms with Gasteiger partial charge in [0, 0.05) is 18.2 Å². The summed E-state index contributed by atoms with van der Waals surface area (Å²) >= 11 is 0. The topological polar surface area (TPSA) is 146 Å². The Bertz CT molecular complexity index is 1480. The first-order valence-electron chi connectivity index (χ1n) is 14.3. The van der Waals surface area contributed by atoms with Gasteiger partial charge in [0.2, 0.25) is 5.88 Å². The van der Waals surface area contributed by atoms with Gasteiger partial charge in [-0.25, -0.2) is 4.52 Å². The van der Waals surface area contributed by atoms with Crippen LogP contribution in [0.25, 0.3) is 5.52 Å². The molecule has 11 heteroatoms. The molecular weight excluding hydrogens is 512 g/mol. The van der Waals surface area contributed by atoms with Crippen LogP contribution in [0.2, 0.25) is 0 Å². The van der Waals surface area contributed by atoms with E-state index in [9.17, 15) is 14.7 Å². The summed E-state index contributed by atoms with van der Waals surface area (Å²) < 4.78 is 15.7. The van der Waals surface area contributed by atoms with Gasteiger partial charge in [-0.15, -0.1) is 5.10 Å². The molecule has 3 aromatic rings. The van der Waals surface area contributed by atoms with Gasteiger partial charge in [-0.3, -0.25) is 14.3 Å². The molecule has 4 fully saturated rings. The molecule has 3 aromatic heterocycles. The van der Waals surface area contributed by atoms with Gasteiger partial charge in [0.1, 0.15) is 24.0 Å². The van der Waals surface area contributed by atoms with Crippen LogP contribution in [0.5, 0.6) is 11.6 Å². The maximum absolute atomic E-state index is 13.2. The second-order valence-electron chi connectivity index (χ2n) is 13.0. The van der Waals surface area contributed by atoms with E-state index < -0.39 is 11.5 Å². The van der Waals surface area contributed by atoms with Gasteiger partial charge in [0.15, 0.2) is 0 Å². The van der Waals surface area contributed by atoms with Crippen molar-refractivity contribution < 1.29 is 24.2 Å². The number of hydrogen-bond donors (Lipinski definition) is 3. The van der Waals surface area contributed by atoms with Crippen LogP contribution < -0.4 is 20.5 Å². The number of nitrogens with one attached hydrogen (secondary N) is 1. The molecule has 11 nitrogen and oxygen atoms in total. The monoisotopic (exact) mass is 548 g/mol. The van der Waals surface area contributed by atoms with Gasteiger partial charge in [0.25, 0.3) is 11.8 Å². The highest BCUT2D eigenvalue weighted by atomic mass is 16.5. The van der Waals surface area contributed by atoms with Crippen molar-refractivity contribution >= 4 is 17.3 Å². The molecule has 7 rings (SSSR count). The third kappa shape index (κ3) is 4.70. The lowest BCUT2D eigenvalue weighted by molar-refractivity contribution is -0.0849. The standard InChI is InChI=1S/C29H36N6O5/c1-28(2,38)15-39-23-8-7-22-20(13-31-35(22)24(23)16-3-4-16)26(37)32-17-9-29(10-17)11-19(12-29)40-27-21(25(30)36)14-34(33-27)18-5-6-18/h7-8,13-14,16-19,38H,3-6,9-12,15H2,1-2H3,(H2,30,36)(H,32,37). The highest BCUT2D eigenvalue weighted by Gasteiger charge is 2.54. The second kappa shape index (κ2) is 8.95. The maximum Gasteiger partial charge on any atom is 0.255 e. The molecule has 4 saturated carbocycles. The van der Waals surface area contributed by atoms with Crippen LogP contribution in [0, 0.1) is 5.41 Å². The first-order valence-corrected chi connectivity index (χ1v) is 14.3. The van der Waals surface area contributed by atoms with E-state index in [1.165, 1.54) is 0 Å². The van der Waals surface area contributed by atoms with E-state index in [0.29, 0.717) is 34.7 Å². The molecule has 0 aromatic carbocycles. The molecule has 1 spiro atoms.